The minimum absolute atomic E-state index is 0.242. The van der Waals surface area contributed by atoms with E-state index < -0.39 is 20.4 Å². The molecule has 36 heavy (non-hydrogen) atoms. The summed E-state index contributed by atoms with van der Waals surface area (Å²) in [5, 5.41) is 4.32. The lowest BCUT2D eigenvalue weighted by Gasteiger charge is -2.56. The van der Waals surface area contributed by atoms with Crippen LogP contribution in [0, 0.1) is 0 Å². The van der Waals surface area contributed by atoms with Gasteiger partial charge in [0, 0.05) is 16.3 Å². The summed E-state index contributed by atoms with van der Waals surface area (Å²) in [6.07, 6.45) is 8.19. The van der Waals surface area contributed by atoms with Crippen LogP contribution in [0.15, 0.2) is 107 Å². The van der Waals surface area contributed by atoms with Crippen LogP contribution in [0.3, 0.4) is 0 Å². The predicted octanol–water partition coefficient (Wildman–Crippen LogP) is 8.95. The highest BCUT2D eigenvalue weighted by atomic mass is 32.3. The van der Waals surface area contributed by atoms with E-state index >= 15 is 0 Å². The van der Waals surface area contributed by atoms with Gasteiger partial charge >= 0.3 is 0 Å². The summed E-state index contributed by atoms with van der Waals surface area (Å²) < 4.78 is 15.0. The molecular formula is C31H47NO2S2. The molecule has 0 fully saturated rings. The first kappa shape index (κ1) is 30.5. The quantitative estimate of drug-likeness (QED) is 0.203. The third kappa shape index (κ3) is 7.87. The Labute approximate surface area is 224 Å². The first-order chi connectivity index (χ1) is 16.9. The lowest BCUT2D eigenvalue weighted by Crippen LogP contribution is -2.36. The Morgan fingerprint density at radius 2 is 1.17 bits per heavy atom. The lowest BCUT2D eigenvalue weighted by molar-refractivity contribution is -0.0682. The smallest absolute Gasteiger partial charge is 0.0652 e. The van der Waals surface area contributed by atoms with Crippen LogP contribution >= 0.6 is 20.4 Å². The van der Waals surface area contributed by atoms with Crippen LogP contribution in [0.4, 0.5) is 0 Å². The normalized spacial score (nSPS) is 17.4. The highest BCUT2D eigenvalue weighted by Crippen LogP contribution is 2.72. The van der Waals surface area contributed by atoms with E-state index in [1.807, 2.05) is 0 Å². The molecular weight excluding hydrogens is 482 g/mol. The number of benzene rings is 2. The standard InChI is InChI=1S/C31H47NO2S2/c1-10-26-33-31(6,7)24-27-34-30(4,5)23-25-32(35(8,11-2)28-19-15-13-16-20-28)36(9,12-3)29-21-17-14-18-22-29/h10-22H,1-3,23-27H2,4-9H3. The molecule has 0 aliphatic heterocycles. The number of ether oxygens (including phenoxy) is 2. The Morgan fingerprint density at radius 3 is 1.58 bits per heavy atom. The molecule has 0 aliphatic rings. The van der Waals surface area contributed by atoms with Crippen molar-refractivity contribution in [3.8, 4) is 0 Å². The van der Waals surface area contributed by atoms with Gasteiger partial charge < -0.3 is 9.47 Å². The Balaban J connectivity index is 2.33. The maximum absolute atomic E-state index is 6.43. The summed E-state index contributed by atoms with van der Waals surface area (Å²) >= 11 is 0. The van der Waals surface area contributed by atoms with Gasteiger partial charge in [0.1, 0.15) is 0 Å². The number of nitrogens with zero attached hydrogens (tertiary/aromatic N) is 1. The average molecular weight is 530 g/mol. The second kappa shape index (κ2) is 13.2. The Hall–Kier alpha value is -1.76. The van der Waals surface area contributed by atoms with Gasteiger partial charge in [0.2, 0.25) is 0 Å². The first-order valence-corrected chi connectivity index (χ1v) is 16.6. The van der Waals surface area contributed by atoms with Crippen LogP contribution in [0.5, 0.6) is 0 Å². The van der Waals surface area contributed by atoms with Crippen LogP contribution in [0.25, 0.3) is 0 Å². The zero-order valence-corrected chi connectivity index (χ0v) is 24.9. The second-order valence-corrected chi connectivity index (χ2v) is 16.8. The van der Waals surface area contributed by atoms with Gasteiger partial charge in [0.15, 0.2) is 0 Å². The zero-order chi connectivity index (χ0) is 26.9. The average Bonchev–Trinajstić information content (AvgIpc) is 2.87. The molecule has 200 valence electrons. The molecule has 0 bridgehead atoms. The van der Waals surface area contributed by atoms with E-state index in [1.165, 1.54) is 9.79 Å². The Bertz CT molecular complexity index is 919. The van der Waals surface area contributed by atoms with Gasteiger partial charge in [-0.05, 0) is 88.1 Å². The van der Waals surface area contributed by atoms with Gasteiger partial charge in [0.05, 0.1) is 24.4 Å². The van der Waals surface area contributed by atoms with E-state index in [0.29, 0.717) is 13.2 Å². The fourth-order valence-corrected chi connectivity index (χ4v) is 11.0. The van der Waals surface area contributed by atoms with Gasteiger partial charge in [-0.2, -0.15) is 0 Å². The molecule has 0 N–H and O–H groups in total. The molecule has 5 heteroatoms. The van der Waals surface area contributed by atoms with Crippen molar-refractivity contribution in [3.05, 3.63) is 97.3 Å². The van der Waals surface area contributed by atoms with Crippen LogP contribution in [0.2, 0.25) is 0 Å². The number of rotatable bonds is 16. The summed E-state index contributed by atoms with van der Waals surface area (Å²) in [5.41, 5.74) is -0.531. The van der Waals surface area contributed by atoms with Gasteiger partial charge in [-0.15, -0.1) is 27.0 Å². The van der Waals surface area contributed by atoms with Gasteiger partial charge in [-0.25, -0.2) is 3.71 Å². The molecule has 2 rings (SSSR count). The van der Waals surface area contributed by atoms with E-state index in [-0.39, 0.29) is 11.2 Å². The minimum atomic E-state index is -1.51. The molecule has 0 radical (unpaired) electrons. The third-order valence-electron chi connectivity index (χ3n) is 6.62. The zero-order valence-electron chi connectivity index (χ0n) is 23.2. The lowest BCUT2D eigenvalue weighted by atomic mass is 10.0. The summed E-state index contributed by atoms with van der Waals surface area (Å²) in [5.74, 6) is 0. The van der Waals surface area contributed by atoms with Crippen molar-refractivity contribution in [1.82, 2.24) is 3.71 Å². The molecule has 0 aromatic heterocycles. The summed E-state index contributed by atoms with van der Waals surface area (Å²) in [6, 6.07) is 21.5. The monoisotopic (exact) mass is 529 g/mol. The fraction of sp³-hybridized carbons (Fsp3) is 0.419. The van der Waals surface area contributed by atoms with E-state index in [9.17, 15) is 0 Å². The summed E-state index contributed by atoms with van der Waals surface area (Å²) in [7, 11) is -3.03. The van der Waals surface area contributed by atoms with Gasteiger partial charge in [0.25, 0.3) is 0 Å². The molecule has 0 amide bonds. The van der Waals surface area contributed by atoms with Crippen LogP contribution in [0.1, 0.15) is 40.5 Å². The highest BCUT2D eigenvalue weighted by molar-refractivity contribution is 8.47. The van der Waals surface area contributed by atoms with E-state index in [4.69, 9.17) is 9.47 Å². The van der Waals surface area contributed by atoms with Crippen molar-refractivity contribution in [2.24, 2.45) is 0 Å². The highest BCUT2D eigenvalue weighted by Gasteiger charge is 2.37. The molecule has 3 nitrogen and oxygen atoms in total. The SMILES string of the molecule is C=CCOC(C)(C)CCOC(C)(C)CCN(S(C)(C=C)c1ccccc1)S(C)(C=C)c1ccccc1. The molecule has 0 aliphatic carbocycles. The minimum Gasteiger partial charge on any atom is -0.375 e. The van der Waals surface area contributed by atoms with E-state index in [2.05, 4.69) is 135 Å². The van der Waals surface area contributed by atoms with Gasteiger partial charge in [-0.1, -0.05) is 55.6 Å². The van der Waals surface area contributed by atoms with Crippen LogP contribution in [-0.4, -0.2) is 47.2 Å². The molecule has 2 unspecified atom stereocenters. The number of hydrogen-bond donors (Lipinski definition) is 0. The van der Waals surface area contributed by atoms with Crippen molar-refractivity contribution < 1.29 is 9.47 Å². The second-order valence-electron chi connectivity index (χ2n) is 10.4. The fourth-order valence-electron chi connectivity index (χ4n) is 4.05. The molecule has 2 aromatic carbocycles. The van der Waals surface area contributed by atoms with Gasteiger partial charge in [-0.3, -0.25) is 0 Å². The predicted molar refractivity (Wildman–Crippen MR) is 163 cm³/mol. The maximum atomic E-state index is 6.43. The van der Waals surface area contributed by atoms with Crippen molar-refractivity contribution in [3.63, 3.8) is 0 Å². The first-order valence-electron chi connectivity index (χ1n) is 12.5. The molecule has 0 spiro atoms. The Morgan fingerprint density at radius 1 is 0.722 bits per heavy atom. The molecule has 0 saturated heterocycles. The van der Waals surface area contributed by atoms with Crippen molar-refractivity contribution in [2.75, 3.05) is 32.3 Å². The molecule has 2 atom stereocenters. The summed E-state index contributed by atoms with van der Waals surface area (Å²) in [6.45, 7) is 23.1. The largest absolute Gasteiger partial charge is 0.375 e. The van der Waals surface area contributed by atoms with E-state index in [0.717, 1.165) is 19.4 Å². The molecule has 0 saturated carbocycles. The van der Waals surface area contributed by atoms with Crippen LogP contribution < -0.4 is 0 Å². The maximum Gasteiger partial charge on any atom is 0.0652 e. The number of hydrogen-bond acceptors (Lipinski definition) is 3. The Kier molecular flexibility index (Phi) is 11.1. The topological polar surface area (TPSA) is 21.7 Å². The van der Waals surface area contributed by atoms with Crippen molar-refractivity contribution >= 4 is 20.4 Å². The van der Waals surface area contributed by atoms with Crippen molar-refractivity contribution in [1.29, 1.82) is 0 Å². The van der Waals surface area contributed by atoms with E-state index in [1.54, 1.807) is 6.08 Å². The molecule has 0 heterocycles. The summed E-state index contributed by atoms with van der Waals surface area (Å²) in [4.78, 5) is 2.60. The van der Waals surface area contributed by atoms with Crippen LogP contribution in [-0.2, 0) is 9.47 Å². The van der Waals surface area contributed by atoms with Crippen molar-refractivity contribution in [2.45, 2.75) is 61.5 Å². The molecule has 2 aromatic rings. The third-order valence-corrected chi connectivity index (χ3v) is 14.3.